The highest BCUT2D eigenvalue weighted by atomic mass is 35.5. The van der Waals surface area contributed by atoms with Gasteiger partial charge in [-0.1, -0.05) is 35.5 Å². The van der Waals surface area contributed by atoms with Crippen molar-refractivity contribution in [3.8, 4) is 11.3 Å². The van der Waals surface area contributed by atoms with Crippen LogP contribution in [0, 0.1) is 13.8 Å². The maximum Gasteiger partial charge on any atom is 0.256 e. The van der Waals surface area contributed by atoms with Gasteiger partial charge in [0.1, 0.15) is 5.76 Å². The lowest BCUT2D eigenvalue weighted by Gasteiger charge is -2.00. The molecule has 124 valence electrons. The zero-order valence-electron chi connectivity index (χ0n) is 13.0. The molecular weight excluding hydrogens is 366 g/mol. The Balaban J connectivity index is 1.58. The molecule has 1 aromatic carbocycles. The summed E-state index contributed by atoms with van der Waals surface area (Å²) in [5.74, 6) is 0.839. The molecule has 0 fully saturated rings. The van der Waals surface area contributed by atoms with E-state index < -0.39 is 0 Å². The minimum Gasteiger partial charge on any atom is -0.437 e. The first-order chi connectivity index (χ1) is 11.5. The zero-order valence-corrected chi connectivity index (χ0v) is 15.4. The number of thiazole rings is 1. The second-order valence-electron chi connectivity index (χ2n) is 5.00. The lowest BCUT2D eigenvalue weighted by molar-refractivity contribution is -0.113. The van der Waals surface area contributed by atoms with Gasteiger partial charge in [0.2, 0.25) is 5.91 Å². The number of thioether (sulfide) groups is 1. The molecule has 0 saturated heterocycles. The van der Waals surface area contributed by atoms with Gasteiger partial charge in [-0.05, 0) is 26.0 Å². The lowest BCUT2D eigenvalue weighted by Crippen LogP contribution is -2.13. The minimum absolute atomic E-state index is 0.148. The van der Waals surface area contributed by atoms with E-state index in [2.05, 4.69) is 15.3 Å². The third-order valence-electron chi connectivity index (χ3n) is 3.23. The second-order valence-corrected chi connectivity index (χ2v) is 7.22. The van der Waals surface area contributed by atoms with Gasteiger partial charge in [0.15, 0.2) is 5.13 Å². The molecule has 24 heavy (non-hydrogen) atoms. The van der Waals surface area contributed by atoms with Crippen LogP contribution in [-0.4, -0.2) is 21.6 Å². The third-order valence-corrected chi connectivity index (χ3v) is 5.06. The van der Waals surface area contributed by atoms with Crippen molar-refractivity contribution in [2.75, 3.05) is 11.1 Å². The molecule has 1 N–H and O–H groups in total. The summed E-state index contributed by atoms with van der Waals surface area (Å²) in [6, 6.07) is 7.41. The first-order valence-corrected chi connectivity index (χ1v) is 9.34. The quantitative estimate of drug-likeness (QED) is 0.645. The maximum atomic E-state index is 12.0. The Morgan fingerprint density at radius 3 is 2.71 bits per heavy atom. The Morgan fingerprint density at radius 1 is 1.29 bits per heavy atom. The molecule has 3 rings (SSSR count). The number of halogens is 1. The van der Waals surface area contributed by atoms with Crippen LogP contribution in [0.5, 0.6) is 0 Å². The van der Waals surface area contributed by atoms with Gasteiger partial charge < -0.3 is 9.73 Å². The molecule has 3 aromatic rings. The van der Waals surface area contributed by atoms with E-state index >= 15 is 0 Å². The van der Waals surface area contributed by atoms with Crippen LogP contribution in [0.15, 0.2) is 39.3 Å². The molecule has 2 aromatic heterocycles. The molecule has 0 atom stereocenters. The number of aryl methyl sites for hydroxylation is 2. The molecule has 1 amide bonds. The maximum absolute atomic E-state index is 12.0. The average molecular weight is 380 g/mol. The fourth-order valence-electron chi connectivity index (χ4n) is 1.87. The number of nitrogens with one attached hydrogen (secondary N) is 1. The summed E-state index contributed by atoms with van der Waals surface area (Å²) >= 11 is 8.52. The van der Waals surface area contributed by atoms with Crippen molar-refractivity contribution in [2.45, 2.75) is 19.1 Å². The fourth-order valence-corrected chi connectivity index (χ4v) is 3.45. The Hall–Kier alpha value is -1.83. The zero-order chi connectivity index (χ0) is 17.1. The van der Waals surface area contributed by atoms with Crippen molar-refractivity contribution in [1.29, 1.82) is 0 Å². The van der Waals surface area contributed by atoms with Crippen molar-refractivity contribution in [3.63, 3.8) is 0 Å². The van der Waals surface area contributed by atoms with Crippen LogP contribution in [0.2, 0.25) is 5.02 Å². The summed E-state index contributed by atoms with van der Waals surface area (Å²) < 4.78 is 5.43. The van der Waals surface area contributed by atoms with Gasteiger partial charge in [-0.25, -0.2) is 9.97 Å². The van der Waals surface area contributed by atoms with Crippen molar-refractivity contribution in [3.05, 3.63) is 46.1 Å². The Kier molecular flexibility index (Phi) is 5.23. The van der Waals surface area contributed by atoms with E-state index in [1.807, 2.05) is 43.5 Å². The highest BCUT2D eigenvalue weighted by molar-refractivity contribution is 7.99. The number of nitrogens with zero attached hydrogens (tertiary/aromatic N) is 2. The molecule has 0 spiro atoms. The highest BCUT2D eigenvalue weighted by Crippen LogP contribution is 2.26. The predicted molar refractivity (Wildman–Crippen MR) is 97.9 cm³/mol. The number of anilines is 1. The van der Waals surface area contributed by atoms with Crippen LogP contribution in [0.3, 0.4) is 0 Å². The van der Waals surface area contributed by atoms with E-state index in [0.717, 1.165) is 22.7 Å². The number of oxazole rings is 1. The molecule has 0 radical (unpaired) electrons. The van der Waals surface area contributed by atoms with Gasteiger partial charge in [0.05, 0.1) is 17.1 Å². The van der Waals surface area contributed by atoms with Crippen molar-refractivity contribution >= 4 is 45.7 Å². The van der Waals surface area contributed by atoms with E-state index in [1.165, 1.54) is 23.1 Å². The molecular formula is C16H14ClN3O2S2. The number of aromatic nitrogens is 2. The molecule has 0 bridgehead atoms. The van der Waals surface area contributed by atoms with Crippen molar-refractivity contribution in [2.24, 2.45) is 0 Å². The topological polar surface area (TPSA) is 68.0 Å². The summed E-state index contributed by atoms with van der Waals surface area (Å²) in [6.45, 7) is 3.72. The number of amides is 1. The molecule has 0 saturated carbocycles. The van der Waals surface area contributed by atoms with Crippen LogP contribution in [-0.2, 0) is 4.79 Å². The van der Waals surface area contributed by atoms with E-state index in [0.29, 0.717) is 15.4 Å². The Morgan fingerprint density at radius 2 is 2.04 bits per heavy atom. The van der Waals surface area contributed by atoms with E-state index in [-0.39, 0.29) is 11.7 Å². The number of rotatable bonds is 5. The molecule has 5 nitrogen and oxygen atoms in total. The van der Waals surface area contributed by atoms with Crippen LogP contribution in [0.25, 0.3) is 11.3 Å². The Bertz CT molecular complexity index is 839. The normalized spacial score (nSPS) is 10.8. The summed E-state index contributed by atoms with van der Waals surface area (Å²) in [4.78, 5) is 20.7. The van der Waals surface area contributed by atoms with Crippen LogP contribution < -0.4 is 5.32 Å². The molecule has 0 unspecified atom stereocenters. The predicted octanol–water partition coefficient (Wildman–Crippen LogP) is 4.80. The number of hydrogen-bond acceptors (Lipinski definition) is 6. The first kappa shape index (κ1) is 17.0. The van der Waals surface area contributed by atoms with Gasteiger partial charge in [0.25, 0.3) is 5.22 Å². The second kappa shape index (κ2) is 7.38. The smallest absolute Gasteiger partial charge is 0.256 e. The van der Waals surface area contributed by atoms with Crippen molar-refractivity contribution in [1.82, 2.24) is 9.97 Å². The monoisotopic (exact) mass is 379 g/mol. The average Bonchev–Trinajstić information content (AvgIpc) is 3.13. The van der Waals surface area contributed by atoms with Gasteiger partial charge in [-0.15, -0.1) is 11.3 Å². The lowest BCUT2D eigenvalue weighted by atomic mass is 10.2. The van der Waals surface area contributed by atoms with E-state index in [1.54, 1.807) is 0 Å². The molecule has 0 aliphatic rings. The van der Waals surface area contributed by atoms with Gasteiger partial charge >= 0.3 is 0 Å². The number of benzene rings is 1. The molecule has 8 heteroatoms. The van der Waals surface area contributed by atoms with Gasteiger partial charge in [-0.3, -0.25) is 4.79 Å². The number of carbonyl (C=O) groups is 1. The van der Waals surface area contributed by atoms with Crippen LogP contribution >= 0.6 is 34.7 Å². The van der Waals surface area contributed by atoms with Crippen LogP contribution in [0.4, 0.5) is 5.13 Å². The largest absolute Gasteiger partial charge is 0.437 e. The number of carbonyl (C=O) groups excluding carboxylic acids is 1. The number of hydrogen-bond donors (Lipinski definition) is 1. The van der Waals surface area contributed by atoms with E-state index in [4.69, 9.17) is 16.0 Å². The fraction of sp³-hybridized carbons (Fsp3) is 0.188. The summed E-state index contributed by atoms with van der Waals surface area (Å²) in [7, 11) is 0. The summed E-state index contributed by atoms with van der Waals surface area (Å²) in [5.41, 5.74) is 2.60. The SMILES string of the molecule is Cc1nc(SCC(=O)Nc2nc(-c3ccc(Cl)cc3)cs2)oc1C. The molecule has 0 aliphatic carbocycles. The highest BCUT2D eigenvalue weighted by Gasteiger charge is 2.11. The molecule has 2 heterocycles. The summed E-state index contributed by atoms with van der Waals surface area (Å²) in [6.07, 6.45) is 0. The molecule has 0 aliphatic heterocycles. The van der Waals surface area contributed by atoms with Crippen LogP contribution in [0.1, 0.15) is 11.5 Å². The first-order valence-electron chi connectivity index (χ1n) is 7.09. The third kappa shape index (κ3) is 4.17. The van der Waals surface area contributed by atoms with Crippen molar-refractivity contribution < 1.29 is 9.21 Å². The Labute approximate surface area is 152 Å². The van der Waals surface area contributed by atoms with Gasteiger partial charge in [0, 0.05) is 16.0 Å². The summed E-state index contributed by atoms with van der Waals surface area (Å²) in [5, 5.41) is 6.42. The minimum atomic E-state index is -0.148. The van der Waals surface area contributed by atoms with E-state index in [9.17, 15) is 4.79 Å². The van der Waals surface area contributed by atoms with Gasteiger partial charge in [-0.2, -0.15) is 0 Å². The standard InChI is InChI=1S/C16H14ClN3O2S2/c1-9-10(2)22-16(18-9)24-8-14(21)20-15-19-13(7-23-15)11-3-5-12(17)6-4-11/h3-7H,8H2,1-2H3,(H,19,20,21).